The Morgan fingerprint density at radius 3 is 2.43 bits per heavy atom. The number of methoxy groups -OCH3 is 1. The van der Waals surface area contributed by atoms with Gasteiger partial charge in [-0.05, 0) is 35.9 Å². The van der Waals surface area contributed by atoms with E-state index in [0.29, 0.717) is 25.4 Å². The highest BCUT2D eigenvalue weighted by molar-refractivity contribution is 5.91. The van der Waals surface area contributed by atoms with Crippen LogP contribution in [0.3, 0.4) is 0 Å². The average molecular weight is 379 g/mol. The van der Waals surface area contributed by atoms with E-state index in [1.807, 2.05) is 54.6 Å². The van der Waals surface area contributed by atoms with Crippen LogP contribution in [0.25, 0.3) is 0 Å². The van der Waals surface area contributed by atoms with E-state index in [1.165, 1.54) is 23.9 Å². The molecule has 0 aliphatic heterocycles. The van der Waals surface area contributed by atoms with E-state index in [1.54, 1.807) is 0 Å². The first-order valence-corrected chi connectivity index (χ1v) is 8.83. The third-order valence-corrected chi connectivity index (χ3v) is 3.96. The van der Waals surface area contributed by atoms with Gasteiger partial charge < -0.3 is 14.8 Å². The lowest BCUT2D eigenvalue weighted by molar-refractivity contribution is 0.0942. The van der Waals surface area contributed by atoms with Crippen LogP contribution in [0.15, 0.2) is 71.5 Å². The largest absolute Gasteiger partial charge is 0.457 e. The number of carbonyl (C=O) groups excluding carboxylic acids is 1. The molecule has 3 aromatic rings. The molecule has 144 valence electrons. The SMILES string of the molecule is COCCn1nc(C(=O)NCc2ccc(Oc3ccccc3)cc2)ccc1=O. The molecule has 7 heteroatoms. The highest BCUT2D eigenvalue weighted by Crippen LogP contribution is 2.21. The van der Waals surface area contributed by atoms with E-state index >= 15 is 0 Å². The number of benzene rings is 2. The van der Waals surface area contributed by atoms with Crippen molar-refractivity contribution in [3.8, 4) is 11.5 Å². The van der Waals surface area contributed by atoms with E-state index in [9.17, 15) is 9.59 Å². The monoisotopic (exact) mass is 379 g/mol. The normalized spacial score (nSPS) is 10.5. The number of para-hydroxylation sites is 1. The van der Waals surface area contributed by atoms with E-state index < -0.39 is 0 Å². The van der Waals surface area contributed by atoms with Crippen molar-refractivity contribution >= 4 is 5.91 Å². The fraction of sp³-hybridized carbons (Fsp3) is 0.190. The fourth-order valence-electron chi connectivity index (χ4n) is 2.48. The first-order chi connectivity index (χ1) is 13.7. The smallest absolute Gasteiger partial charge is 0.271 e. The van der Waals surface area contributed by atoms with Crippen LogP contribution in [-0.4, -0.2) is 29.4 Å². The summed E-state index contributed by atoms with van der Waals surface area (Å²) in [5, 5.41) is 6.87. The number of rotatable bonds is 8. The molecule has 0 fully saturated rings. The van der Waals surface area contributed by atoms with Crippen LogP contribution in [0.2, 0.25) is 0 Å². The molecular weight excluding hydrogens is 358 g/mol. The lowest BCUT2D eigenvalue weighted by Crippen LogP contribution is -2.30. The minimum absolute atomic E-state index is 0.180. The van der Waals surface area contributed by atoms with Gasteiger partial charge >= 0.3 is 0 Å². The van der Waals surface area contributed by atoms with Crippen molar-refractivity contribution in [1.29, 1.82) is 0 Å². The molecule has 2 aromatic carbocycles. The van der Waals surface area contributed by atoms with Crippen molar-refractivity contribution < 1.29 is 14.3 Å². The Balaban J connectivity index is 1.58. The molecule has 0 saturated carbocycles. The molecule has 1 N–H and O–H groups in total. The number of amides is 1. The summed E-state index contributed by atoms with van der Waals surface area (Å²) in [5.74, 6) is 1.13. The Hall–Kier alpha value is -3.45. The van der Waals surface area contributed by atoms with Gasteiger partial charge in [-0.15, -0.1) is 0 Å². The molecule has 1 amide bonds. The van der Waals surface area contributed by atoms with Gasteiger partial charge in [-0.3, -0.25) is 9.59 Å². The Morgan fingerprint density at radius 1 is 1.00 bits per heavy atom. The average Bonchev–Trinajstić information content (AvgIpc) is 2.73. The van der Waals surface area contributed by atoms with Gasteiger partial charge in [0.05, 0.1) is 13.2 Å². The first-order valence-electron chi connectivity index (χ1n) is 8.83. The third kappa shape index (κ3) is 5.28. The highest BCUT2D eigenvalue weighted by Gasteiger charge is 2.09. The van der Waals surface area contributed by atoms with Crippen molar-refractivity contribution in [2.45, 2.75) is 13.1 Å². The Kier molecular flexibility index (Phi) is 6.54. The molecule has 28 heavy (non-hydrogen) atoms. The molecule has 3 rings (SSSR count). The van der Waals surface area contributed by atoms with Gasteiger partial charge in [0.15, 0.2) is 0 Å². The second-order valence-electron chi connectivity index (χ2n) is 6.01. The topological polar surface area (TPSA) is 82.5 Å². The van der Waals surface area contributed by atoms with Crippen LogP contribution in [0.1, 0.15) is 16.1 Å². The summed E-state index contributed by atoms with van der Waals surface area (Å²) in [7, 11) is 1.54. The number of nitrogens with zero attached hydrogens (tertiary/aromatic N) is 2. The maximum absolute atomic E-state index is 12.3. The second kappa shape index (κ2) is 9.48. The molecule has 7 nitrogen and oxygen atoms in total. The Bertz CT molecular complexity index is 969. The van der Waals surface area contributed by atoms with Crippen LogP contribution in [0.4, 0.5) is 0 Å². The van der Waals surface area contributed by atoms with Crippen LogP contribution in [0.5, 0.6) is 11.5 Å². The predicted molar refractivity (Wildman–Crippen MR) is 105 cm³/mol. The molecule has 1 heterocycles. The molecule has 0 radical (unpaired) electrons. The maximum atomic E-state index is 12.3. The summed E-state index contributed by atoms with van der Waals surface area (Å²) >= 11 is 0. The molecule has 0 aliphatic rings. The van der Waals surface area contributed by atoms with Crippen LogP contribution in [-0.2, 0) is 17.8 Å². The summed E-state index contributed by atoms with van der Waals surface area (Å²) in [4.78, 5) is 24.1. The predicted octanol–water partition coefficient (Wildman–Crippen LogP) is 2.61. The molecule has 0 spiro atoms. The Labute approximate surface area is 162 Å². The summed E-state index contributed by atoms with van der Waals surface area (Å²) < 4.78 is 11.9. The van der Waals surface area contributed by atoms with Crippen LogP contribution < -0.4 is 15.6 Å². The van der Waals surface area contributed by atoms with E-state index in [4.69, 9.17) is 9.47 Å². The number of carbonyl (C=O) groups is 1. The van der Waals surface area contributed by atoms with Crippen molar-refractivity contribution in [2.24, 2.45) is 0 Å². The van der Waals surface area contributed by atoms with Gasteiger partial charge in [-0.2, -0.15) is 5.10 Å². The van der Waals surface area contributed by atoms with Gasteiger partial charge in [0.1, 0.15) is 17.2 Å². The number of hydrogen-bond donors (Lipinski definition) is 1. The van der Waals surface area contributed by atoms with Crippen molar-refractivity contribution in [3.63, 3.8) is 0 Å². The van der Waals surface area contributed by atoms with Crippen LogP contribution >= 0.6 is 0 Å². The minimum atomic E-state index is -0.351. The number of ether oxygens (including phenoxy) is 2. The molecule has 1 aromatic heterocycles. The lowest BCUT2D eigenvalue weighted by Gasteiger charge is -2.09. The summed E-state index contributed by atoms with van der Waals surface area (Å²) in [6.07, 6.45) is 0. The summed E-state index contributed by atoms with van der Waals surface area (Å²) in [6, 6.07) is 19.7. The standard InChI is InChI=1S/C21H21N3O4/c1-27-14-13-24-20(25)12-11-19(23-24)21(26)22-15-16-7-9-18(10-8-16)28-17-5-3-2-4-6-17/h2-12H,13-15H2,1H3,(H,22,26). The number of nitrogens with one attached hydrogen (secondary N) is 1. The summed E-state index contributed by atoms with van der Waals surface area (Å²) in [6.45, 7) is 0.970. The quantitative estimate of drug-likeness (QED) is 0.651. The third-order valence-electron chi connectivity index (χ3n) is 3.96. The van der Waals surface area contributed by atoms with Crippen molar-refractivity contribution in [2.75, 3.05) is 13.7 Å². The second-order valence-corrected chi connectivity index (χ2v) is 6.01. The number of hydrogen-bond acceptors (Lipinski definition) is 5. The number of aromatic nitrogens is 2. The lowest BCUT2D eigenvalue weighted by atomic mass is 10.2. The van der Waals surface area contributed by atoms with Crippen molar-refractivity contribution in [1.82, 2.24) is 15.1 Å². The first kappa shape index (κ1) is 19.3. The van der Waals surface area contributed by atoms with E-state index in [-0.39, 0.29) is 17.2 Å². The van der Waals surface area contributed by atoms with Crippen molar-refractivity contribution in [3.05, 3.63) is 88.3 Å². The Morgan fingerprint density at radius 2 is 1.71 bits per heavy atom. The zero-order chi connectivity index (χ0) is 19.8. The van der Waals surface area contributed by atoms with Gasteiger partial charge in [0.25, 0.3) is 11.5 Å². The van der Waals surface area contributed by atoms with Gasteiger partial charge in [-0.25, -0.2) is 4.68 Å². The molecule has 0 unspecified atom stereocenters. The molecule has 0 bridgehead atoms. The molecule has 0 aliphatic carbocycles. The van der Waals surface area contributed by atoms with E-state index in [2.05, 4.69) is 10.4 Å². The van der Waals surface area contributed by atoms with Gasteiger partial charge in [-0.1, -0.05) is 30.3 Å². The van der Waals surface area contributed by atoms with Gasteiger partial charge in [0.2, 0.25) is 0 Å². The molecular formula is C21H21N3O4. The zero-order valence-electron chi connectivity index (χ0n) is 15.5. The van der Waals surface area contributed by atoms with E-state index in [0.717, 1.165) is 11.3 Å². The molecule has 0 saturated heterocycles. The van der Waals surface area contributed by atoms with Crippen LogP contribution in [0, 0.1) is 0 Å². The van der Waals surface area contributed by atoms with Gasteiger partial charge in [0, 0.05) is 19.7 Å². The minimum Gasteiger partial charge on any atom is -0.457 e. The summed E-state index contributed by atoms with van der Waals surface area (Å²) in [5.41, 5.74) is 0.823. The maximum Gasteiger partial charge on any atom is 0.271 e. The molecule has 0 atom stereocenters. The highest BCUT2D eigenvalue weighted by atomic mass is 16.5. The zero-order valence-corrected chi connectivity index (χ0v) is 15.5. The fourth-order valence-corrected chi connectivity index (χ4v) is 2.48.